The predicted molar refractivity (Wildman–Crippen MR) is 243 cm³/mol. The first-order valence-electron chi connectivity index (χ1n) is 19.7. The van der Waals surface area contributed by atoms with Crippen LogP contribution < -0.4 is 0 Å². The Hall–Kier alpha value is -2.22. The topological polar surface area (TPSA) is 0 Å². The van der Waals surface area contributed by atoms with Gasteiger partial charge in [-0.25, -0.2) is 0 Å². The quantitative estimate of drug-likeness (QED) is 0.116. The summed E-state index contributed by atoms with van der Waals surface area (Å²) in [6.45, 7) is 31.8. The molecule has 0 saturated carbocycles. The van der Waals surface area contributed by atoms with E-state index in [1.165, 1.54) is 77.2 Å². The van der Waals surface area contributed by atoms with Crippen molar-refractivity contribution in [3.8, 4) is 22.3 Å². The zero-order chi connectivity index (χ0) is 40.4. The molecule has 0 heterocycles. The maximum atomic E-state index is 4.93. The number of hydrogen-bond donors (Lipinski definition) is 0. The first-order valence-corrected chi connectivity index (χ1v) is 28.0. The van der Waals surface area contributed by atoms with Crippen LogP contribution in [-0.4, -0.2) is 9.52 Å². The molecule has 0 aliphatic heterocycles. The average molecular weight is 855 g/mol. The Bertz CT molecular complexity index is 1910. The Morgan fingerprint density at radius 3 is 1.17 bits per heavy atom. The van der Waals surface area contributed by atoms with E-state index in [9.17, 15) is 0 Å². The van der Waals surface area contributed by atoms with Gasteiger partial charge >= 0.3 is 37.9 Å². The summed E-state index contributed by atoms with van der Waals surface area (Å²) in [4.78, 5) is 0. The van der Waals surface area contributed by atoms with E-state index in [1.807, 2.05) is 0 Å². The van der Waals surface area contributed by atoms with E-state index in [0.29, 0.717) is 11.8 Å². The molecule has 6 aromatic carbocycles. The Kier molecular flexibility index (Phi) is 17.8. The molecule has 0 unspecified atom stereocenters. The van der Waals surface area contributed by atoms with Crippen LogP contribution in [0.1, 0.15) is 128 Å². The summed E-state index contributed by atoms with van der Waals surface area (Å²) in [6.07, 6.45) is 2.13. The molecule has 0 nitrogen and oxygen atoms in total. The molecule has 286 valence electrons. The number of benzene rings is 4. The van der Waals surface area contributed by atoms with E-state index in [0.717, 1.165) is 22.4 Å². The Morgan fingerprint density at radius 1 is 0.574 bits per heavy atom. The Balaban J connectivity index is 0.000000254. The zero-order valence-electron chi connectivity index (χ0n) is 35.6. The second-order valence-corrected chi connectivity index (χ2v) is 21.7. The molecule has 0 aromatic heterocycles. The normalized spacial score (nSPS) is 11.4. The Labute approximate surface area is 350 Å². The molecule has 4 heteroatoms. The predicted octanol–water partition coefficient (Wildman–Crippen LogP) is 16.6. The van der Waals surface area contributed by atoms with Crippen molar-refractivity contribution in [1.29, 1.82) is 0 Å². The van der Waals surface area contributed by atoms with Gasteiger partial charge < -0.3 is 0 Å². The summed E-state index contributed by atoms with van der Waals surface area (Å²) in [5.74, 6) is 1.03. The summed E-state index contributed by atoms with van der Waals surface area (Å²) in [5.41, 5.74) is 14.7. The molecule has 0 saturated heterocycles. The van der Waals surface area contributed by atoms with Crippen molar-refractivity contribution >= 4 is 48.1 Å². The van der Waals surface area contributed by atoms with Crippen LogP contribution in [0, 0.1) is 0 Å². The van der Waals surface area contributed by atoms with Crippen LogP contribution in [0.25, 0.3) is 43.8 Å². The third kappa shape index (κ3) is 11.4. The van der Waals surface area contributed by atoms with Gasteiger partial charge in [0.05, 0.1) is 0 Å². The molecule has 0 aliphatic rings. The van der Waals surface area contributed by atoms with Gasteiger partial charge in [-0.3, -0.25) is 0 Å². The fourth-order valence-corrected chi connectivity index (χ4v) is 7.17. The van der Waals surface area contributed by atoms with Crippen LogP contribution in [0.2, 0.25) is 13.1 Å². The van der Waals surface area contributed by atoms with Crippen LogP contribution in [0.4, 0.5) is 0 Å². The summed E-state index contributed by atoms with van der Waals surface area (Å²) in [5, 5.41) is 5.55. The van der Waals surface area contributed by atoms with Crippen molar-refractivity contribution < 1.29 is 20.8 Å². The number of fused-ring (bicyclic) bond motifs is 2. The molecular weight excluding hydrogens is 791 g/mol. The zero-order valence-corrected chi connectivity index (χ0v) is 40.5. The average Bonchev–Trinajstić information content (AvgIpc) is 3.77. The van der Waals surface area contributed by atoms with Crippen LogP contribution in [0.5, 0.6) is 0 Å². The van der Waals surface area contributed by atoms with Crippen molar-refractivity contribution in [1.82, 2.24) is 0 Å². The maximum absolute atomic E-state index is 4.93. The first-order chi connectivity index (χ1) is 25.5. The van der Waals surface area contributed by atoms with Crippen LogP contribution in [0.15, 0.2) is 97.1 Å². The van der Waals surface area contributed by atoms with E-state index in [1.54, 1.807) is 0 Å². The molecule has 6 rings (SSSR count). The molecule has 0 bridgehead atoms. The summed E-state index contributed by atoms with van der Waals surface area (Å²) in [6, 6.07) is 36.6. The molecular formula is C50H64Cl2SiZr. The van der Waals surface area contributed by atoms with E-state index < -0.39 is 20.8 Å². The second kappa shape index (κ2) is 20.8. The van der Waals surface area contributed by atoms with Gasteiger partial charge in [-0.05, 0) is 57.8 Å². The summed E-state index contributed by atoms with van der Waals surface area (Å²) < 4.78 is 0. The van der Waals surface area contributed by atoms with Crippen molar-refractivity contribution in [2.75, 3.05) is 0 Å². The molecule has 0 N–H and O–H groups in total. The van der Waals surface area contributed by atoms with Crippen molar-refractivity contribution in [3.05, 3.63) is 130 Å². The van der Waals surface area contributed by atoms with Gasteiger partial charge in [0, 0.05) is 9.52 Å². The fraction of sp³-hybridized carbons (Fsp3) is 0.400. The van der Waals surface area contributed by atoms with Gasteiger partial charge in [0.1, 0.15) is 0 Å². The van der Waals surface area contributed by atoms with Gasteiger partial charge in [-0.2, -0.15) is 12.1 Å². The minimum atomic E-state index is -0.826. The molecule has 0 spiro atoms. The molecule has 54 heavy (non-hydrogen) atoms. The van der Waals surface area contributed by atoms with Crippen molar-refractivity contribution in [2.45, 2.75) is 132 Å². The third-order valence-corrected chi connectivity index (χ3v) is 10.2. The second-order valence-electron chi connectivity index (χ2n) is 17.0. The van der Waals surface area contributed by atoms with E-state index >= 15 is 0 Å². The Morgan fingerprint density at radius 2 is 0.889 bits per heavy atom. The first kappa shape index (κ1) is 46.2. The van der Waals surface area contributed by atoms with Gasteiger partial charge in [-0.15, -0.1) is 69.1 Å². The number of halogens is 2. The van der Waals surface area contributed by atoms with Gasteiger partial charge in [-0.1, -0.05) is 167 Å². The third-order valence-electron chi connectivity index (χ3n) is 10.2. The van der Waals surface area contributed by atoms with Gasteiger partial charge in [0.2, 0.25) is 0 Å². The molecule has 0 amide bonds. The molecule has 6 aromatic rings. The van der Waals surface area contributed by atoms with E-state index in [2.05, 4.69) is 193 Å². The summed E-state index contributed by atoms with van der Waals surface area (Å²) >= 11 is -0.826. The van der Waals surface area contributed by atoms with Crippen molar-refractivity contribution in [3.63, 3.8) is 0 Å². The van der Waals surface area contributed by atoms with Gasteiger partial charge in [0.25, 0.3) is 0 Å². The fourth-order valence-electron chi connectivity index (χ4n) is 7.17. The molecule has 0 fully saturated rings. The molecule has 2 radical (unpaired) electrons. The van der Waals surface area contributed by atoms with Crippen LogP contribution in [-0.2, 0) is 44.5 Å². The number of aryl methyl sites for hydroxylation is 2. The standard InChI is InChI=1S/2C24H29.C2H6Si.2ClH.Zr/c2*1-7-17-10-8-9-11-21(17)23-20(16(2)3)13-12-18-14-19(15-22(18)23)24(4,5)6;1-3-2;;;/h2*8-16H,7H2,1-6H3;1-2H3;2*1H;/q2*-1;;;;+4/p-2. The molecule has 0 atom stereocenters. The van der Waals surface area contributed by atoms with Crippen molar-refractivity contribution in [2.24, 2.45) is 0 Å². The summed E-state index contributed by atoms with van der Waals surface area (Å²) in [7, 11) is 11.0. The minimum absolute atomic E-state index is 0.179. The number of hydrogen-bond acceptors (Lipinski definition) is 0. The number of rotatable bonds is 6. The van der Waals surface area contributed by atoms with E-state index in [4.69, 9.17) is 17.0 Å². The monoisotopic (exact) mass is 852 g/mol. The molecule has 0 aliphatic carbocycles. The SMILES string of the molecule is CCc1ccccc1-c1c(C(C)C)ccc2[cH-]c(C(C)(C)C)cc12.CCc1ccccc1-c1c(C(C)C)ccc2[cH-]c(C(C)(C)C)cc12.C[Si]C.[Cl][Zr+2][Cl]. The van der Waals surface area contributed by atoms with Crippen LogP contribution >= 0.6 is 17.0 Å². The van der Waals surface area contributed by atoms with E-state index in [-0.39, 0.29) is 10.8 Å². The van der Waals surface area contributed by atoms with Gasteiger partial charge in [0.15, 0.2) is 0 Å². The van der Waals surface area contributed by atoms with Crippen LogP contribution in [0.3, 0.4) is 0 Å².